The average molecular weight is 278 g/mol. The molecule has 0 bridgehead atoms. The third-order valence-corrected chi connectivity index (χ3v) is 3.98. The SMILES string of the molecule is COc1ccc(OC(=O)[C@]2(C)O[C@@H]2C)c([C@@H]2O[C@@H]2C)c1. The van der Waals surface area contributed by atoms with Crippen molar-refractivity contribution < 1.29 is 23.7 Å². The van der Waals surface area contributed by atoms with Crippen LogP contribution >= 0.6 is 0 Å². The molecular weight excluding hydrogens is 260 g/mol. The highest BCUT2D eigenvalue weighted by molar-refractivity contribution is 5.85. The first-order chi connectivity index (χ1) is 9.45. The Balaban J connectivity index is 1.84. The van der Waals surface area contributed by atoms with E-state index >= 15 is 0 Å². The summed E-state index contributed by atoms with van der Waals surface area (Å²) in [6.07, 6.45) is -0.0164. The van der Waals surface area contributed by atoms with Gasteiger partial charge >= 0.3 is 5.97 Å². The Bertz CT molecular complexity index is 555. The Morgan fingerprint density at radius 3 is 2.50 bits per heavy atom. The molecule has 0 aliphatic carbocycles. The number of carbonyl (C=O) groups excluding carboxylic acids is 1. The molecule has 0 amide bonds. The van der Waals surface area contributed by atoms with Gasteiger partial charge in [-0.3, -0.25) is 0 Å². The smallest absolute Gasteiger partial charge is 0.346 e. The molecule has 0 spiro atoms. The molecular formula is C15H18O5. The van der Waals surface area contributed by atoms with E-state index in [0.717, 1.165) is 5.56 Å². The van der Waals surface area contributed by atoms with Crippen LogP contribution in [0.4, 0.5) is 0 Å². The third kappa shape index (κ3) is 2.17. The van der Waals surface area contributed by atoms with E-state index in [-0.39, 0.29) is 24.3 Å². The number of hydrogen-bond donors (Lipinski definition) is 0. The number of hydrogen-bond acceptors (Lipinski definition) is 5. The van der Waals surface area contributed by atoms with E-state index in [4.69, 9.17) is 18.9 Å². The zero-order chi connectivity index (χ0) is 14.5. The largest absolute Gasteiger partial charge is 0.497 e. The Morgan fingerprint density at radius 2 is 2.00 bits per heavy atom. The number of rotatable bonds is 4. The Labute approximate surface area is 117 Å². The maximum Gasteiger partial charge on any atom is 0.346 e. The zero-order valence-corrected chi connectivity index (χ0v) is 12.0. The summed E-state index contributed by atoms with van der Waals surface area (Å²) < 4.78 is 21.5. The molecule has 0 unspecified atom stereocenters. The molecule has 1 aromatic rings. The molecule has 2 aliphatic heterocycles. The van der Waals surface area contributed by atoms with Gasteiger partial charge in [0.25, 0.3) is 0 Å². The lowest BCUT2D eigenvalue weighted by atomic mass is 10.1. The van der Waals surface area contributed by atoms with E-state index in [2.05, 4.69) is 0 Å². The predicted molar refractivity (Wildman–Crippen MR) is 70.9 cm³/mol. The molecule has 0 N–H and O–H groups in total. The van der Waals surface area contributed by atoms with Gasteiger partial charge in [-0.2, -0.15) is 0 Å². The van der Waals surface area contributed by atoms with Crippen molar-refractivity contribution in [3.8, 4) is 11.5 Å². The molecule has 0 aromatic heterocycles. The van der Waals surface area contributed by atoms with Crippen LogP contribution in [0.15, 0.2) is 18.2 Å². The molecule has 1 aromatic carbocycles. The number of carbonyl (C=O) groups is 1. The van der Waals surface area contributed by atoms with Crippen LogP contribution in [0.2, 0.25) is 0 Å². The fourth-order valence-electron chi connectivity index (χ4n) is 2.23. The summed E-state index contributed by atoms with van der Waals surface area (Å²) in [5.41, 5.74) is 0.00911. The Kier molecular flexibility index (Phi) is 2.99. The van der Waals surface area contributed by atoms with Gasteiger partial charge in [0.05, 0.1) is 19.3 Å². The van der Waals surface area contributed by atoms with Gasteiger partial charge in [0.2, 0.25) is 0 Å². The normalized spacial score (nSPS) is 34.5. The molecule has 5 nitrogen and oxygen atoms in total. The minimum absolute atomic E-state index is 0.0433. The summed E-state index contributed by atoms with van der Waals surface area (Å²) in [4.78, 5) is 12.1. The number of epoxide rings is 2. The van der Waals surface area contributed by atoms with E-state index in [0.29, 0.717) is 11.5 Å². The number of methoxy groups -OCH3 is 1. The van der Waals surface area contributed by atoms with Crippen LogP contribution < -0.4 is 9.47 Å². The van der Waals surface area contributed by atoms with Gasteiger partial charge in [0, 0.05) is 5.56 Å². The molecule has 2 aliphatic rings. The highest BCUT2D eigenvalue weighted by Crippen LogP contribution is 2.45. The second-order valence-corrected chi connectivity index (χ2v) is 5.42. The van der Waals surface area contributed by atoms with Crippen LogP contribution in [0.3, 0.4) is 0 Å². The van der Waals surface area contributed by atoms with Crippen molar-refractivity contribution in [2.75, 3.05) is 7.11 Å². The number of esters is 1. The van der Waals surface area contributed by atoms with Gasteiger partial charge in [0.15, 0.2) is 5.60 Å². The van der Waals surface area contributed by atoms with Crippen molar-refractivity contribution in [3.05, 3.63) is 23.8 Å². The lowest BCUT2D eigenvalue weighted by molar-refractivity contribution is -0.139. The molecule has 5 heteroatoms. The summed E-state index contributed by atoms with van der Waals surface area (Å²) >= 11 is 0. The van der Waals surface area contributed by atoms with Gasteiger partial charge in [-0.15, -0.1) is 0 Å². The molecule has 108 valence electrons. The van der Waals surface area contributed by atoms with Gasteiger partial charge in [0.1, 0.15) is 17.6 Å². The topological polar surface area (TPSA) is 60.6 Å². The minimum atomic E-state index is -0.826. The molecule has 0 radical (unpaired) electrons. The second-order valence-electron chi connectivity index (χ2n) is 5.42. The van der Waals surface area contributed by atoms with Gasteiger partial charge < -0.3 is 18.9 Å². The fourth-order valence-corrected chi connectivity index (χ4v) is 2.23. The zero-order valence-electron chi connectivity index (χ0n) is 12.0. The van der Waals surface area contributed by atoms with Crippen LogP contribution in [0.25, 0.3) is 0 Å². The van der Waals surface area contributed by atoms with Crippen LogP contribution in [0.1, 0.15) is 32.4 Å². The lowest BCUT2D eigenvalue weighted by Crippen LogP contribution is -2.28. The highest BCUT2D eigenvalue weighted by atomic mass is 16.7. The van der Waals surface area contributed by atoms with Crippen molar-refractivity contribution >= 4 is 5.97 Å². The molecule has 2 heterocycles. The van der Waals surface area contributed by atoms with Gasteiger partial charge in [-0.25, -0.2) is 4.79 Å². The van der Waals surface area contributed by atoms with Crippen LogP contribution in [-0.2, 0) is 14.3 Å². The van der Waals surface area contributed by atoms with E-state index < -0.39 is 5.60 Å². The van der Waals surface area contributed by atoms with Crippen molar-refractivity contribution in [2.24, 2.45) is 0 Å². The maximum absolute atomic E-state index is 12.1. The lowest BCUT2D eigenvalue weighted by Gasteiger charge is -2.12. The van der Waals surface area contributed by atoms with Crippen molar-refractivity contribution in [2.45, 2.75) is 44.7 Å². The Morgan fingerprint density at radius 1 is 1.35 bits per heavy atom. The number of benzene rings is 1. The summed E-state index contributed by atoms with van der Waals surface area (Å²) in [5.74, 6) is 0.851. The first-order valence-corrected chi connectivity index (χ1v) is 6.69. The maximum atomic E-state index is 12.1. The summed E-state index contributed by atoms with van der Waals surface area (Å²) in [6, 6.07) is 5.34. The average Bonchev–Trinajstić information content (AvgIpc) is 3.29. The van der Waals surface area contributed by atoms with E-state index in [1.807, 2.05) is 19.9 Å². The Hall–Kier alpha value is -1.59. The monoisotopic (exact) mass is 278 g/mol. The molecule has 2 fully saturated rings. The summed E-state index contributed by atoms with van der Waals surface area (Å²) in [7, 11) is 1.60. The molecule has 20 heavy (non-hydrogen) atoms. The number of ether oxygens (including phenoxy) is 4. The van der Waals surface area contributed by atoms with Crippen molar-refractivity contribution in [1.29, 1.82) is 0 Å². The van der Waals surface area contributed by atoms with Gasteiger partial charge in [-0.05, 0) is 39.0 Å². The molecule has 3 rings (SSSR count). The fraction of sp³-hybridized carbons (Fsp3) is 0.533. The molecule has 2 saturated heterocycles. The molecule has 4 atom stereocenters. The third-order valence-electron chi connectivity index (χ3n) is 3.98. The van der Waals surface area contributed by atoms with E-state index in [9.17, 15) is 4.79 Å². The summed E-state index contributed by atoms with van der Waals surface area (Å²) in [6.45, 7) is 5.56. The minimum Gasteiger partial charge on any atom is -0.497 e. The first kappa shape index (κ1) is 13.4. The second kappa shape index (κ2) is 4.46. The van der Waals surface area contributed by atoms with E-state index in [1.54, 1.807) is 26.2 Å². The molecule has 0 saturated carbocycles. The van der Waals surface area contributed by atoms with Gasteiger partial charge in [-0.1, -0.05) is 0 Å². The van der Waals surface area contributed by atoms with Crippen molar-refractivity contribution in [1.82, 2.24) is 0 Å². The van der Waals surface area contributed by atoms with Crippen LogP contribution in [0.5, 0.6) is 11.5 Å². The van der Waals surface area contributed by atoms with Crippen LogP contribution in [0, 0.1) is 0 Å². The highest BCUT2D eigenvalue weighted by Gasteiger charge is 2.57. The first-order valence-electron chi connectivity index (χ1n) is 6.69. The van der Waals surface area contributed by atoms with Crippen LogP contribution in [-0.4, -0.2) is 30.9 Å². The summed E-state index contributed by atoms with van der Waals surface area (Å²) in [5, 5.41) is 0. The van der Waals surface area contributed by atoms with E-state index in [1.165, 1.54) is 0 Å². The standard InChI is InChI=1S/C15H18O5/c1-8-13(18-8)11-7-10(17-4)5-6-12(11)19-14(16)15(3)9(2)20-15/h5-9,13H,1-4H3/t8-,9-,13-,15-/m1/s1. The quantitative estimate of drug-likeness (QED) is 0.480. The predicted octanol–water partition coefficient (Wildman–Crippen LogP) is 2.24. The van der Waals surface area contributed by atoms with Crippen molar-refractivity contribution in [3.63, 3.8) is 0 Å².